The molecule has 1 aromatic rings. The van der Waals surface area contributed by atoms with Crippen LogP contribution in [0.3, 0.4) is 0 Å². The molecule has 1 aliphatic heterocycles. The van der Waals surface area contributed by atoms with Gasteiger partial charge in [-0.05, 0) is 49.6 Å². The second-order valence-electron chi connectivity index (χ2n) is 4.44. The van der Waals surface area contributed by atoms with E-state index in [4.69, 9.17) is 0 Å². The first-order chi connectivity index (χ1) is 7.57. The standard InChI is InChI=1S/C12H15F2NO/c1-12(3-2-4-15-12)9-6-11(14)10(13)5-8(9)7-16/h5-6,15-16H,2-4,7H2,1H3. The fourth-order valence-corrected chi connectivity index (χ4v) is 2.36. The fourth-order valence-electron chi connectivity index (χ4n) is 2.36. The fraction of sp³-hybridized carbons (Fsp3) is 0.500. The number of rotatable bonds is 2. The van der Waals surface area contributed by atoms with Gasteiger partial charge in [0.1, 0.15) is 0 Å². The highest BCUT2D eigenvalue weighted by Crippen LogP contribution is 2.33. The summed E-state index contributed by atoms with van der Waals surface area (Å²) in [5.74, 6) is -1.77. The Balaban J connectivity index is 2.50. The zero-order valence-electron chi connectivity index (χ0n) is 9.19. The van der Waals surface area contributed by atoms with Gasteiger partial charge in [0.25, 0.3) is 0 Å². The van der Waals surface area contributed by atoms with Crippen LogP contribution in [-0.4, -0.2) is 11.7 Å². The van der Waals surface area contributed by atoms with Crippen LogP contribution in [0.25, 0.3) is 0 Å². The SMILES string of the molecule is CC1(c2cc(F)c(F)cc2CO)CCCN1. The van der Waals surface area contributed by atoms with Crippen LogP contribution in [0.15, 0.2) is 12.1 Å². The van der Waals surface area contributed by atoms with E-state index in [0.717, 1.165) is 25.5 Å². The summed E-state index contributed by atoms with van der Waals surface area (Å²) in [6.45, 7) is 2.54. The number of hydrogen-bond donors (Lipinski definition) is 2. The van der Waals surface area contributed by atoms with Crippen molar-refractivity contribution in [2.75, 3.05) is 6.54 Å². The number of aliphatic hydroxyl groups excluding tert-OH is 1. The number of benzene rings is 1. The third-order valence-corrected chi connectivity index (χ3v) is 3.28. The van der Waals surface area contributed by atoms with E-state index in [2.05, 4.69) is 5.32 Å². The van der Waals surface area contributed by atoms with Crippen LogP contribution in [0.5, 0.6) is 0 Å². The maximum absolute atomic E-state index is 13.2. The second kappa shape index (κ2) is 4.11. The zero-order chi connectivity index (χ0) is 11.8. The monoisotopic (exact) mass is 227 g/mol. The average Bonchev–Trinajstić information content (AvgIpc) is 2.69. The Hall–Kier alpha value is -1.00. The molecule has 0 spiro atoms. The van der Waals surface area contributed by atoms with Crippen LogP contribution in [0.4, 0.5) is 8.78 Å². The lowest BCUT2D eigenvalue weighted by Crippen LogP contribution is -2.34. The molecule has 16 heavy (non-hydrogen) atoms. The van der Waals surface area contributed by atoms with E-state index in [1.54, 1.807) is 0 Å². The smallest absolute Gasteiger partial charge is 0.159 e. The zero-order valence-corrected chi connectivity index (χ0v) is 9.19. The molecule has 88 valence electrons. The molecule has 1 unspecified atom stereocenters. The van der Waals surface area contributed by atoms with Crippen molar-refractivity contribution in [2.24, 2.45) is 0 Å². The molecule has 0 aliphatic carbocycles. The van der Waals surface area contributed by atoms with E-state index in [9.17, 15) is 13.9 Å². The third-order valence-electron chi connectivity index (χ3n) is 3.28. The van der Waals surface area contributed by atoms with E-state index in [1.807, 2.05) is 6.92 Å². The summed E-state index contributed by atoms with van der Waals surface area (Å²) in [5.41, 5.74) is 0.759. The molecule has 4 heteroatoms. The molecule has 0 aromatic heterocycles. The Morgan fingerprint density at radius 3 is 2.62 bits per heavy atom. The Kier molecular flexibility index (Phi) is 2.95. The van der Waals surface area contributed by atoms with E-state index >= 15 is 0 Å². The molecule has 0 saturated carbocycles. The molecule has 1 atom stereocenters. The first kappa shape index (κ1) is 11.5. The molecule has 2 nitrogen and oxygen atoms in total. The molecule has 0 amide bonds. The molecular formula is C12H15F2NO. The van der Waals surface area contributed by atoms with Crippen molar-refractivity contribution in [1.82, 2.24) is 5.32 Å². The summed E-state index contributed by atoms with van der Waals surface area (Å²) in [7, 11) is 0. The summed E-state index contributed by atoms with van der Waals surface area (Å²) in [5, 5.41) is 12.5. The van der Waals surface area contributed by atoms with Crippen LogP contribution in [0.1, 0.15) is 30.9 Å². The molecule has 0 bridgehead atoms. The van der Waals surface area contributed by atoms with Gasteiger partial charge in [0, 0.05) is 5.54 Å². The third kappa shape index (κ3) is 1.83. The van der Waals surface area contributed by atoms with Crippen molar-refractivity contribution in [2.45, 2.75) is 31.9 Å². The van der Waals surface area contributed by atoms with Crippen molar-refractivity contribution in [3.05, 3.63) is 34.9 Å². The van der Waals surface area contributed by atoms with Crippen LogP contribution in [0.2, 0.25) is 0 Å². The van der Waals surface area contributed by atoms with E-state index < -0.39 is 11.6 Å². The van der Waals surface area contributed by atoms with Crippen molar-refractivity contribution < 1.29 is 13.9 Å². The Labute approximate surface area is 93.3 Å². The van der Waals surface area contributed by atoms with Crippen LogP contribution in [0, 0.1) is 11.6 Å². The van der Waals surface area contributed by atoms with Gasteiger partial charge in [0.05, 0.1) is 6.61 Å². The number of halogens is 2. The first-order valence-corrected chi connectivity index (χ1v) is 5.41. The molecule has 2 N–H and O–H groups in total. The number of aliphatic hydroxyl groups is 1. The van der Waals surface area contributed by atoms with Gasteiger partial charge < -0.3 is 10.4 Å². The van der Waals surface area contributed by atoms with Crippen molar-refractivity contribution in [3.63, 3.8) is 0 Å². The molecule has 1 saturated heterocycles. The van der Waals surface area contributed by atoms with Crippen LogP contribution >= 0.6 is 0 Å². The Morgan fingerprint density at radius 2 is 2.06 bits per heavy atom. The highest BCUT2D eigenvalue weighted by molar-refractivity contribution is 5.35. The van der Waals surface area contributed by atoms with Gasteiger partial charge in [-0.25, -0.2) is 8.78 Å². The van der Waals surface area contributed by atoms with E-state index in [-0.39, 0.29) is 12.1 Å². The van der Waals surface area contributed by atoms with Gasteiger partial charge in [-0.15, -0.1) is 0 Å². The van der Waals surface area contributed by atoms with E-state index in [1.165, 1.54) is 6.07 Å². The first-order valence-electron chi connectivity index (χ1n) is 5.41. The normalized spacial score (nSPS) is 25.0. The maximum Gasteiger partial charge on any atom is 0.159 e. The summed E-state index contributed by atoms with van der Waals surface area (Å²) >= 11 is 0. The summed E-state index contributed by atoms with van der Waals surface area (Å²) in [6, 6.07) is 2.27. The minimum absolute atomic E-state index is 0.274. The van der Waals surface area contributed by atoms with Crippen LogP contribution in [-0.2, 0) is 12.1 Å². The minimum atomic E-state index is -0.908. The largest absolute Gasteiger partial charge is 0.392 e. The molecule has 0 radical (unpaired) electrons. The summed E-state index contributed by atoms with van der Waals surface area (Å²) in [4.78, 5) is 0. The molecular weight excluding hydrogens is 212 g/mol. The van der Waals surface area contributed by atoms with Gasteiger partial charge in [-0.3, -0.25) is 0 Å². The molecule has 1 aliphatic rings. The lowest BCUT2D eigenvalue weighted by Gasteiger charge is -2.27. The average molecular weight is 227 g/mol. The van der Waals surface area contributed by atoms with Crippen molar-refractivity contribution in [1.29, 1.82) is 0 Å². The summed E-state index contributed by atoms with van der Waals surface area (Å²) < 4.78 is 26.3. The minimum Gasteiger partial charge on any atom is -0.392 e. The molecule has 1 heterocycles. The van der Waals surface area contributed by atoms with Gasteiger partial charge in [0.2, 0.25) is 0 Å². The number of nitrogens with one attached hydrogen (secondary N) is 1. The number of hydrogen-bond acceptors (Lipinski definition) is 2. The predicted octanol–water partition coefficient (Wildman–Crippen LogP) is 2.06. The Morgan fingerprint density at radius 1 is 1.38 bits per heavy atom. The predicted molar refractivity (Wildman–Crippen MR) is 56.9 cm³/mol. The molecule has 2 rings (SSSR count). The second-order valence-corrected chi connectivity index (χ2v) is 4.44. The molecule has 1 aromatic carbocycles. The Bertz CT molecular complexity index is 400. The van der Waals surface area contributed by atoms with Crippen molar-refractivity contribution in [3.8, 4) is 0 Å². The van der Waals surface area contributed by atoms with Crippen LogP contribution < -0.4 is 5.32 Å². The highest BCUT2D eigenvalue weighted by Gasteiger charge is 2.32. The highest BCUT2D eigenvalue weighted by atomic mass is 19.2. The van der Waals surface area contributed by atoms with Gasteiger partial charge in [0.15, 0.2) is 11.6 Å². The van der Waals surface area contributed by atoms with Crippen molar-refractivity contribution >= 4 is 0 Å². The molecule has 1 fully saturated rings. The lowest BCUT2D eigenvalue weighted by atomic mass is 9.87. The topological polar surface area (TPSA) is 32.3 Å². The van der Waals surface area contributed by atoms with Gasteiger partial charge in [-0.1, -0.05) is 0 Å². The van der Waals surface area contributed by atoms with Gasteiger partial charge in [-0.2, -0.15) is 0 Å². The maximum atomic E-state index is 13.2. The quantitative estimate of drug-likeness (QED) is 0.810. The van der Waals surface area contributed by atoms with Gasteiger partial charge >= 0.3 is 0 Å². The summed E-state index contributed by atoms with van der Waals surface area (Å²) in [6.07, 6.45) is 1.87. The lowest BCUT2D eigenvalue weighted by molar-refractivity contribution is 0.274. The van der Waals surface area contributed by atoms with E-state index in [0.29, 0.717) is 11.1 Å².